The van der Waals surface area contributed by atoms with Crippen LogP contribution in [0.2, 0.25) is 0 Å². The standard InChI is InChI=1S/C24H30N2O4/c1-4-29-22-14-19-12-17(2)30-23(19)15-20(22)16-25-8-10-26(11-9-25)24(27)18-6-5-7-21(13-18)28-3/h5-7,13-15,17H,4,8-12,16H2,1-3H3. The van der Waals surface area contributed by atoms with Gasteiger partial charge in [-0.1, -0.05) is 6.07 Å². The Hall–Kier alpha value is -2.73. The molecule has 0 bridgehead atoms. The molecule has 1 unspecified atom stereocenters. The Kier molecular flexibility index (Phi) is 6.13. The Morgan fingerprint density at radius 2 is 1.97 bits per heavy atom. The van der Waals surface area contributed by atoms with Crippen LogP contribution in [0.25, 0.3) is 0 Å². The van der Waals surface area contributed by atoms with Gasteiger partial charge in [-0.15, -0.1) is 0 Å². The number of carbonyl (C=O) groups is 1. The van der Waals surface area contributed by atoms with E-state index in [2.05, 4.69) is 24.0 Å². The Morgan fingerprint density at radius 1 is 1.17 bits per heavy atom. The van der Waals surface area contributed by atoms with E-state index in [-0.39, 0.29) is 12.0 Å². The first-order chi connectivity index (χ1) is 14.6. The summed E-state index contributed by atoms with van der Waals surface area (Å²) in [5, 5.41) is 0. The lowest BCUT2D eigenvalue weighted by molar-refractivity contribution is 0.0627. The van der Waals surface area contributed by atoms with Crippen molar-refractivity contribution in [3.05, 3.63) is 53.1 Å². The largest absolute Gasteiger partial charge is 0.497 e. The van der Waals surface area contributed by atoms with Gasteiger partial charge in [0.2, 0.25) is 0 Å². The highest BCUT2D eigenvalue weighted by Crippen LogP contribution is 2.35. The zero-order valence-electron chi connectivity index (χ0n) is 18.0. The highest BCUT2D eigenvalue weighted by molar-refractivity contribution is 5.94. The predicted octanol–water partition coefficient (Wildman–Crippen LogP) is 3.38. The molecule has 2 heterocycles. The number of hydrogen-bond donors (Lipinski definition) is 0. The van der Waals surface area contributed by atoms with Crippen LogP contribution in [0, 0.1) is 0 Å². The molecule has 0 N–H and O–H groups in total. The van der Waals surface area contributed by atoms with Crippen LogP contribution < -0.4 is 14.2 Å². The lowest BCUT2D eigenvalue weighted by Crippen LogP contribution is -2.48. The number of carbonyl (C=O) groups excluding carboxylic acids is 1. The molecule has 6 nitrogen and oxygen atoms in total. The van der Waals surface area contributed by atoms with Crippen molar-refractivity contribution in [3.8, 4) is 17.2 Å². The van der Waals surface area contributed by atoms with Crippen molar-refractivity contribution in [2.45, 2.75) is 32.9 Å². The number of ether oxygens (including phenoxy) is 3. The number of methoxy groups -OCH3 is 1. The molecular formula is C24H30N2O4. The second-order valence-corrected chi connectivity index (χ2v) is 7.93. The third kappa shape index (κ3) is 4.38. The Balaban J connectivity index is 1.40. The molecule has 1 atom stereocenters. The molecule has 2 aliphatic rings. The van der Waals surface area contributed by atoms with E-state index in [0.717, 1.165) is 43.1 Å². The van der Waals surface area contributed by atoms with Crippen molar-refractivity contribution >= 4 is 5.91 Å². The third-order valence-corrected chi connectivity index (χ3v) is 5.75. The van der Waals surface area contributed by atoms with Gasteiger partial charge in [0, 0.05) is 55.8 Å². The van der Waals surface area contributed by atoms with E-state index < -0.39 is 0 Å². The zero-order chi connectivity index (χ0) is 21.1. The average Bonchev–Trinajstić information content (AvgIpc) is 3.13. The molecule has 1 fully saturated rings. The SMILES string of the molecule is CCOc1cc2c(cc1CN1CCN(C(=O)c3cccc(OC)c3)CC1)OC(C)C2. The molecule has 4 rings (SSSR count). The summed E-state index contributed by atoms with van der Waals surface area (Å²) < 4.78 is 17.1. The van der Waals surface area contributed by atoms with Crippen LogP contribution in [0.3, 0.4) is 0 Å². The van der Waals surface area contributed by atoms with E-state index in [1.807, 2.05) is 30.0 Å². The number of piperazine rings is 1. The number of fused-ring (bicyclic) bond motifs is 1. The molecule has 0 saturated carbocycles. The molecule has 0 radical (unpaired) electrons. The normalized spacial score (nSPS) is 18.6. The molecule has 1 amide bonds. The van der Waals surface area contributed by atoms with Gasteiger partial charge < -0.3 is 19.1 Å². The summed E-state index contributed by atoms with van der Waals surface area (Å²) >= 11 is 0. The minimum atomic E-state index is 0.0588. The second-order valence-electron chi connectivity index (χ2n) is 7.93. The second kappa shape index (κ2) is 8.96. The molecule has 30 heavy (non-hydrogen) atoms. The summed E-state index contributed by atoms with van der Waals surface area (Å²) in [7, 11) is 1.61. The maximum absolute atomic E-state index is 12.8. The van der Waals surface area contributed by atoms with Crippen molar-refractivity contribution in [3.63, 3.8) is 0 Å². The minimum Gasteiger partial charge on any atom is -0.497 e. The van der Waals surface area contributed by atoms with Crippen LogP contribution in [0.5, 0.6) is 17.2 Å². The Bertz CT molecular complexity index is 906. The van der Waals surface area contributed by atoms with Crippen molar-refractivity contribution in [1.82, 2.24) is 9.80 Å². The van der Waals surface area contributed by atoms with Gasteiger partial charge in [-0.2, -0.15) is 0 Å². The first kappa shape index (κ1) is 20.5. The highest BCUT2D eigenvalue weighted by Gasteiger charge is 2.25. The number of hydrogen-bond acceptors (Lipinski definition) is 5. The molecular weight excluding hydrogens is 380 g/mol. The van der Waals surface area contributed by atoms with Gasteiger partial charge in [-0.05, 0) is 44.2 Å². The smallest absolute Gasteiger partial charge is 0.254 e. The van der Waals surface area contributed by atoms with E-state index in [1.165, 1.54) is 5.56 Å². The average molecular weight is 411 g/mol. The molecule has 6 heteroatoms. The van der Waals surface area contributed by atoms with Gasteiger partial charge in [-0.3, -0.25) is 9.69 Å². The number of nitrogens with zero attached hydrogens (tertiary/aromatic N) is 2. The van der Waals surface area contributed by atoms with Crippen molar-refractivity contribution in [1.29, 1.82) is 0 Å². The van der Waals surface area contributed by atoms with E-state index in [1.54, 1.807) is 13.2 Å². The maximum Gasteiger partial charge on any atom is 0.254 e. The van der Waals surface area contributed by atoms with Crippen molar-refractivity contribution < 1.29 is 19.0 Å². The molecule has 0 aliphatic carbocycles. The lowest BCUT2D eigenvalue weighted by Gasteiger charge is -2.35. The zero-order valence-corrected chi connectivity index (χ0v) is 18.0. The van der Waals surface area contributed by atoms with Gasteiger partial charge in [0.15, 0.2) is 0 Å². The van der Waals surface area contributed by atoms with Crippen LogP contribution in [-0.2, 0) is 13.0 Å². The predicted molar refractivity (Wildman–Crippen MR) is 116 cm³/mol. The van der Waals surface area contributed by atoms with Crippen LogP contribution in [0.15, 0.2) is 36.4 Å². The van der Waals surface area contributed by atoms with Gasteiger partial charge in [-0.25, -0.2) is 0 Å². The Labute approximate surface area is 178 Å². The number of rotatable bonds is 6. The van der Waals surface area contributed by atoms with Gasteiger partial charge in [0.1, 0.15) is 23.4 Å². The van der Waals surface area contributed by atoms with Crippen LogP contribution in [0.4, 0.5) is 0 Å². The van der Waals surface area contributed by atoms with E-state index in [9.17, 15) is 4.79 Å². The molecule has 1 saturated heterocycles. The third-order valence-electron chi connectivity index (χ3n) is 5.75. The first-order valence-corrected chi connectivity index (χ1v) is 10.7. The highest BCUT2D eigenvalue weighted by atomic mass is 16.5. The van der Waals surface area contributed by atoms with Crippen molar-refractivity contribution in [2.24, 2.45) is 0 Å². The number of amides is 1. The number of benzene rings is 2. The van der Waals surface area contributed by atoms with Crippen LogP contribution in [-0.4, -0.2) is 61.7 Å². The summed E-state index contributed by atoms with van der Waals surface area (Å²) in [6.07, 6.45) is 1.15. The topological polar surface area (TPSA) is 51.2 Å². The lowest BCUT2D eigenvalue weighted by atomic mass is 10.1. The maximum atomic E-state index is 12.8. The minimum absolute atomic E-state index is 0.0588. The molecule has 0 aromatic heterocycles. The fraction of sp³-hybridized carbons (Fsp3) is 0.458. The Morgan fingerprint density at radius 3 is 2.70 bits per heavy atom. The summed E-state index contributed by atoms with van der Waals surface area (Å²) in [6, 6.07) is 11.6. The molecule has 160 valence electrons. The molecule has 2 aromatic carbocycles. The van der Waals surface area contributed by atoms with Crippen LogP contribution in [0.1, 0.15) is 35.3 Å². The summed E-state index contributed by atoms with van der Waals surface area (Å²) in [5.41, 5.74) is 3.05. The summed E-state index contributed by atoms with van der Waals surface area (Å²) in [6.45, 7) is 8.62. The molecule has 2 aromatic rings. The fourth-order valence-corrected chi connectivity index (χ4v) is 4.18. The molecule has 0 spiro atoms. The van der Waals surface area contributed by atoms with Gasteiger partial charge >= 0.3 is 0 Å². The van der Waals surface area contributed by atoms with Gasteiger partial charge in [0.25, 0.3) is 5.91 Å². The van der Waals surface area contributed by atoms with E-state index in [0.29, 0.717) is 31.0 Å². The van der Waals surface area contributed by atoms with Crippen molar-refractivity contribution in [2.75, 3.05) is 39.9 Å². The quantitative estimate of drug-likeness (QED) is 0.731. The fourth-order valence-electron chi connectivity index (χ4n) is 4.18. The summed E-state index contributed by atoms with van der Waals surface area (Å²) in [4.78, 5) is 17.1. The van der Waals surface area contributed by atoms with Gasteiger partial charge in [0.05, 0.1) is 13.7 Å². The summed E-state index contributed by atoms with van der Waals surface area (Å²) in [5.74, 6) is 2.69. The van der Waals surface area contributed by atoms with E-state index in [4.69, 9.17) is 14.2 Å². The van der Waals surface area contributed by atoms with E-state index >= 15 is 0 Å². The first-order valence-electron chi connectivity index (χ1n) is 10.7. The monoisotopic (exact) mass is 410 g/mol. The van der Waals surface area contributed by atoms with Crippen LogP contribution >= 0.6 is 0 Å². The molecule has 2 aliphatic heterocycles.